The normalized spacial score (nSPS) is 13.2. The number of hydrogen-bond acceptors (Lipinski definition) is 4. The Hall–Kier alpha value is -0.750. The number of ether oxygens (including phenoxy) is 1. The van der Waals surface area contributed by atoms with E-state index in [1.165, 1.54) is 12.0 Å². The number of benzene rings is 1. The molecule has 0 heterocycles. The van der Waals surface area contributed by atoms with Crippen LogP contribution in [-0.2, 0) is 9.53 Å². The number of hydrogen-bond donors (Lipinski definition) is 2. The number of nitrogens with two attached hydrogens (primary N) is 1. The molecule has 0 radical (unpaired) electrons. The summed E-state index contributed by atoms with van der Waals surface area (Å²) in [6.07, 6.45) is 0. The summed E-state index contributed by atoms with van der Waals surface area (Å²) < 4.78 is 4.84. The molecule has 108 valence electrons. The van der Waals surface area contributed by atoms with E-state index in [9.17, 15) is 4.79 Å². The lowest BCUT2D eigenvalue weighted by molar-refractivity contribution is -0.123. The van der Waals surface area contributed by atoms with Gasteiger partial charge in [-0.15, -0.1) is 24.2 Å². The Bertz CT molecular complexity index is 365. The fourth-order valence-corrected chi connectivity index (χ4v) is 2.35. The van der Waals surface area contributed by atoms with Gasteiger partial charge < -0.3 is 15.8 Å². The fourth-order valence-electron chi connectivity index (χ4n) is 1.40. The zero-order chi connectivity index (χ0) is 13.4. The zero-order valence-corrected chi connectivity index (χ0v) is 12.8. The van der Waals surface area contributed by atoms with Crippen molar-refractivity contribution in [1.29, 1.82) is 0 Å². The Morgan fingerprint density at radius 3 is 2.63 bits per heavy atom. The van der Waals surface area contributed by atoms with Crippen molar-refractivity contribution in [3.05, 3.63) is 30.3 Å². The molecule has 6 heteroatoms. The molecular weight excluding hydrogens is 284 g/mol. The van der Waals surface area contributed by atoms with Crippen molar-refractivity contribution < 1.29 is 9.53 Å². The molecule has 0 aromatic heterocycles. The number of rotatable bonds is 7. The maximum Gasteiger partial charge on any atom is 0.239 e. The molecule has 2 unspecified atom stereocenters. The molecule has 4 nitrogen and oxygen atoms in total. The van der Waals surface area contributed by atoms with E-state index < -0.39 is 6.04 Å². The Labute approximate surface area is 124 Å². The van der Waals surface area contributed by atoms with Crippen molar-refractivity contribution in [2.45, 2.75) is 23.1 Å². The van der Waals surface area contributed by atoms with Crippen LogP contribution in [0.25, 0.3) is 0 Å². The van der Waals surface area contributed by atoms with E-state index >= 15 is 0 Å². The highest BCUT2D eigenvalue weighted by Gasteiger charge is 2.13. The van der Waals surface area contributed by atoms with E-state index in [2.05, 4.69) is 24.4 Å². The number of halogens is 1. The van der Waals surface area contributed by atoms with Crippen molar-refractivity contribution >= 4 is 30.1 Å². The van der Waals surface area contributed by atoms with E-state index in [0.717, 1.165) is 0 Å². The van der Waals surface area contributed by atoms with Crippen molar-refractivity contribution in [3.63, 3.8) is 0 Å². The van der Waals surface area contributed by atoms with Gasteiger partial charge in [0.1, 0.15) is 6.04 Å². The summed E-state index contributed by atoms with van der Waals surface area (Å²) in [7, 11) is 1.53. The first-order valence-corrected chi connectivity index (χ1v) is 6.75. The molecule has 0 saturated carbocycles. The van der Waals surface area contributed by atoms with Gasteiger partial charge in [-0.25, -0.2) is 0 Å². The summed E-state index contributed by atoms with van der Waals surface area (Å²) in [6, 6.07) is 9.51. The van der Waals surface area contributed by atoms with Crippen LogP contribution < -0.4 is 11.1 Å². The zero-order valence-electron chi connectivity index (χ0n) is 11.2. The fraction of sp³-hybridized carbons (Fsp3) is 0.462. The summed E-state index contributed by atoms with van der Waals surface area (Å²) in [5.41, 5.74) is 5.62. The Balaban J connectivity index is 0.00000324. The van der Waals surface area contributed by atoms with Crippen molar-refractivity contribution in [3.8, 4) is 0 Å². The van der Waals surface area contributed by atoms with Gasteiger partial charge in [0.05, 0.1) is 6.61 Å². The summed E-state index contributed by atoms with van der Waals surface area (Å²) in [4.78, 5) is 12.8. The molecule has 0 bridgehead atoms. The van der Waals surface area contributed by atoms with Gasteiger partial charge in [0.25, 0.3) is 0 Å². The molecule has 19 heavy (non-hydrogen) atoms. The third-order valence-electron chi connectivity index (χ3n) is 2.33. The van der Waals surface area contributed by atoms with E-state index in [-0.39, 0.29) is 24.9 Å². The highest BCUT2D eigenvalue weighted by atomic mass is 35.5. The molecule has 0 aliphatic heterocycles. The average molecular weight is 305 g/mol. The number of methoxy groups -OCH3 is 1. The highest BCUT2D eigenvalue weighted by Crippen LogP contribution is 2.21. The second-order valence-corrected chi connectivity index (χ2v) is 5.56. The summed E-state index contributed by atoms with van der Waals surface area (Å²) in [5, 5.41) is 3.12. The van der Waals surface area contributed by atoms with Crippen LogP contribution in [0.1, 0.15) is 6.92 Å². The molecule has 1 rings (SSSR count). The molecule has 3 N–H and O–H groups in total. The van der Waals surface area contributed by atoms with Gasteiger partial charge in [0.15, 0.2) is 0 Å². The first kappa shape index (κ1) is 18.2. The van der Waals surface area contributed by atoms with Crippen LogP contribution in [0.2, 0.25) is 0 Å². The Morgan fingerprint density at radius 2 is 2.05 bits per heavy atom. The minimum atomic E-state index is -0.594. The lowest BCUT2D eigenvalue weighted by atomic mass is 10.3. The van der Waals surface area contributed by atoms with Gasteiger partial charge in [0, 0.05) is 23.8 Å². The monoisotopic (exact) mass is 304 g/mol. The second kappa shape index (κ2) is 10.1. The van der Waals surface area contributed by atoms with E-state index in [4.69, 9.17) is 10.5 Å². The third kappa shape index (κ3) is 7.42. The first-order valence-electron chi connectivity index (χ1n) is 5.87. The van der Waals surface area contributed by atoms with Crippen molar-refractivity contribution in [2.24, 2.45) is 5.73 Å². The third-order valence-corrected chi connectivity index (χ3v) is 3.44. The van der Waals surface area contributed by atoms with Gasteiger partial charge in [-0.3, -0.25) is 4.79 Å². The summed E-state index contributed by atoms with van der Waals surface area (Å²) >= 11 is 1.72. The topological polar surface area (TPSA) is 64.3 Å². The number of thioether (sulfide) groups is 1. The van der Waals surface area contributed by atoms with E-state index in [1.54, 1.807) is 11.8 Å². The van der Waals surface area contributed by atoms with Gasteiger partial charge in [-0.2, -0.15) is 0 Å². The summed E-state index contributed by atoms with van der Waals surface area (Å²) in [6.45, 7) is 2.90. The molecule has 0 fully saturated rings. The van der Waals surface area contributed by atoms with Crippen LogP contribution in [0.4, 0.5) is 0 Å². The predicted molar refractivity (Wildman–Crippen MR) is 81.9 cm³/mol. The van der Waals surface area contributed by atoms with Crippen LogP contribution in [-0.4, -0.2) is 37.5 Å². The standard InChI is InChI=1S/C13H20N2O2S.ClH/c1-10(18-11-6-4-3-5-7-11)8-15-13(16)12(14)9-17-2;/h3-7,10,12H,8-9,14H2,1-2H3,(H,15,16);1H. The molecular formula is C13H21ClN2O2S. The van der Waals surface area contributed by atoms with Gasteiger partial charge >= 0.3 is 0 Å². The minimum absolute atomic E-state index is 0. The highest BCUT2D eigenvalue weighted by molar-refractivity contribution is 8.00. The number of carbonyl (C=O) groups excluding carboxylic acids is 1. The van der Waals surface area contributed by atoms with E-state index in [1.807, 2.05) is 18.2 Å². The van der Waals surface area contributed by atoms with Crippen LogP contribution in [0.3, 0.4) is 0 Å². The SMILES string of the molecule is COCC(N)C(=O)NCC(C)Sc1ccccc1.Cl. The molecule has 1 aromatic carbocycles. The number of nitrogens with one attached hydrogen (secondary N) is 1. The largest absolute Gasteiger partial charge is 0.383 e. The summed E-state index contributed by atoms with van der Waals surface area (Å²) in [5.74, 6) is -0.169. The minimum Gasteiger partial charge on any atom is -0.383 e. The van der Waals surface area contributed by atoms with Crippen LogP contribution >= 0.6 is 24.2 Å². The maximum atomic E-state index is 11.6. The van der Waals surface area contributed by atoms with E-state index in [0.29, 0.717) is 11.8 Å². The predicted octanol–water partition coefficient (Wildman–Crippen LogP) is 1.68. The molecule has 0 aliphatic rings. The lowest BCUT2D eigenvalue weighted by Crippen LogP contribution is -2.45. The first-order chi connectivity index (χ1) is 8.63. The van der Waals surface area contributed by atoms with Crippen molar-refractivity contribution in [2.75, 3.05) is 20.3 Å². The smallest absolute Gasteiger partial charge is 0.239 e. The second-order valence-electron chi connectivity index (χ2n) is 4.05. The molecule has 0 aliphatic carbocycles. The van der Waals surface area contributed by atoms with Crippen LogP contribution in [0.5, 0.6) is 0 Å². The van der Waals surface area contributed by atoms with Crippen LogP contribution in [0.15, 0.2) is 35.2 Å². The molecule has 0 saturated heterocycles. The Kier molecular flexibility index (Phi) is 9.69. The van der Waals surface area contributed by atoms with Gasteiger partial charge in [-0.1, -0.05) is 25.1 Å². The maximum absolute atomic E-state index is 11.6. The van der Waals surface area contributed by atoms with Gasteiger partial charge in [-0.05, 0) is 12.1 Å². The molecule has 1 aromatic rings. The Morgan fingerprint density at radius 1 is 1.42 bits per heavy atom. The molecule has 1 amide bonds. The van der Waals surface area contributed by atoms with Crippen molar-refractivity contribution in [1.82, 2.24) is 5.32 Å². The average Bonchev–Trinajstić information content (AvgIpc) is 2.37. The quantitative estimate of drug-likeness (QED) is 0.752. The molecule has 2 atom stereocenters. The van der Waals surface area contributed by atoms with Gasteiger partial charge in [0.2, 0.25) is 5.91 Å². The molecule has 0 spiro atoms. The number of amides is 1. The van der Waals surface area contributed by atoms with Crippen LogP contribution in [0, 0.1) is 0 Å². The number of carbonyl (C=O) groups is 1. The lowest BCUT2D eigenvalue weighted by Gasteiger charge is -2.15.